The number of carbonyl (C=O) groups excluding carboxylic acids is 2. The number of pyridine rings is 1. The molecule has 0 N–H and O–H groups in total. The van der Waals surface area contributed by atoms with Gasteiger partial charge in [0.05, 0.1) is 5.52 Å². The Hall–Kier alpha value is -2.37. The highest BCUT2D eigenvalue weighted by Crippen LogP contribution is 2.24. The van der Waals surface area contributed by atoms with Crippen LogP contribution in [0.2, 0.25) is 0 Å². The van der Waals surface area contributed by atoms with Crippen molar-refractivity contribution >= 4 is 17.3 Å². The van der Waals surface area contributed by atoms with Crippen LogP contribution in [0.5, 0.6) is 0 Å². The molecule has 2 aliphatic rings. The van der Waals surface area contributed by atoms with E-state index in [2.05, 4.69) is 11.9 Å². The zero-order valence-corrected chi connectivity index (χ0v) is 15.4. The van der Waals surface area contributed by atoms with E-state index in [0.29, 0.717) is 11.5 Å². The number of aromatic nitrogens is 2. The van der Waals surface area contributed by atoms with E-state index in [1.165, 1.54) is 6.42 Å². The average Bonchev–Trinajstić information content (AvgIpc) is 3.35. The second-order valence-corrected chi connectivity index (χ2v) is 7.30. The molecular weight excluding hydrogens is 328 g/mol. The molecule has 1 unspecified atom stereocenters. The Morgan fingerprint density at radius 2 is 1.85 bits per heavy atom. The van der Waals surface area contributed by atoms with E-state index in [1.807, 2.05) is 34.2 Å². The predicted octanol–water partition coefficient (Wildman–Crippen LogP) is 2.98. The molecule has 26 heavy (non-hydrogen) atoms. The number of hydrogen-bond donors (Lipinski definition) is 0. The Morgan fingerprint density at radius 3 is 2.62 bits per heavy atom. The van der Waals surface area contributed by atoms with Crippen LogP contribution >= 0.6 is 0 Å². The number of fused-ring (bicyclic) bond motifs is 1. The third-order valence-corrected chi connectivity index (χ3v) is 5.69. The zero-order chi connectivity index (χ0) is 18.1. The largest absolute Gasteiger partial charge is 0.337 e. The van der Waals surface area contributed by atoms with E-state index in [0.717, 1.165) is 57.3 Å². The van der Waals surface area contributed by atoms with Gasteiger partial charge >= 0.3 is 0 Å². The van der Waals surface area contributed by atoms with Crippen molar-refractivity contribution in [3.63, 3.8) is 0 Å². The number of amides is 2. The lowest BCUT2D eigenvalue weighted by molar-refractivity contribution is 0.0594. The molecule has 2 saturated heterocycles. The maximum absolute atomic E-state index is 13.3. The summed E-state index contributed by atoms with van der Waals surface area (Å²) in [5.74, 6) is 0.248. The van der Waals surface area contributed by atoms with Crippen LogP contribution in [0.4, 0.5) is 0 Å². The number of likely N-dealkylation sites (tertiary alicyclic amines) is 2. The summed E-state index contributed by atoms with van der Waals surface area (Å²) < 4.78 is 1.78. The third kappa shape index (κ3) is 2.87. The third-order valence-electron chi connectivity index (χ3n) is 5.69. The van der Waals surface area contributed by atoms with Crippen molar-refractivity contribution in [2.45, 2.75) is 51.5 Å². The van der Waals surface area contributed by atoms with Gasteiger partial charge in [0.2, 0.25) is 5.82 Å². The van der Waals surface area contributed by atoms with Crippen LogP contribution in [0.15, 0.2) is 24.4 Å². The van der Waals surface area contributed by atoms with Crippen LogP contribution in [-0.2, 0) is 0 Å². The second kappa shape index (κ2) is 7.09. The van der Waals surface area contributed by atoms with Gasteiger partial charge in [0.15, 0.2) is 5.69 Å². The maximum atomic E-state index is 13.3. The first-order valence-electron chi connectivity index (χ1n) is 9.78. The Balaban J connectivity index is 1.73. The molecule has 0 aromatic carbocycles. The summed E-state index contributed by atoms with van der Waals surface area (Å²) in [4.78, 5) is 34.5. The van der Waals surface area contributed by atoms with E-state index < -0.39 is 0 Å². The minimum absolute atomic E-state index is 0.0572. The minimum Gasteiger partial charge on any atom is -0.337 e. The highest BCUT2D eigenvalue weighted by atomic mass is 16.2. The molecule has 2 aromatic rings. The number of hydrogen-bond acceptors (Lipinski definition) is 3. The van der Waals surface area contributed by atoms with Crippen LogP contribution in [-0.4, -0.2) is 56.7 Å². The molecule has 2 aromatic heterocycles. The molecule has 138 valence electrons. The van der Waals surface area contributed by atoms with Gasteiger partial charge in [-0.3, -0.25) is 14.0 Å². The summed E-state index contributed by atoms with van der Waals surface area (Å²) in [6.45, 7) is 4.45. The molecular formula is C20H26N4O2. The molecule has 0 bridgehead atoms. The number of carbonyl (C=O) groups is 2. The van der Waals surface area contributed by atoms with Crippen molar-refractivity contribution in [2.24, 2.45) is 0 Å². The van der Waals surface area contributed by atoms with Crippen LogP contribution in [0.1, 0.15) is 66.6 Å². The van der Waals surface area contributed by atoms with Crippen molar-refractivity contribution in [2.75, 3.05) is 19.6 Å². The van der Waals surface area contributed by atoms with Crippen LogP contribution in [0, 0.1) is 0 Å². The lowest BCUT2D eigenvalue weighted by atomic mass is 10.00. The van der Waals surface area contributed by atoms with Gasteiger partial charge in [-0.15, -0.1) is 0 Å². The van der Waals surface area contributed by atoms with E-state index >= 15 is 0 Å². The summed E-state index contributed by atoms with van der Waals surface area (Å²) in [5, 5.41) is 0. The fraction of sp³-hybridized carbons (Fsp3) is 0.550. The van der Waals surface area contributed by atoms with Gasteiger partial charge in [-0.1, -0.05) is 13.0 Å². The molecule has 4 heterocycles. The van der Waals surface area contributed by atoms with E-state index in [9.17, 15) is 9.59 Å². The fourth-order valence-electron chi connectivity index (χ4n) is 4.24. The lowest BCUT2D eigenvalue weighted by Crippen LogP contribution is -2.44. The standard InChI is InChI=1S/C20H26N4O2/c1-2-15-9-3-5-13-23(15)20(26)18-21-17(16-10-4-6-14-24(16)18)19(25)22-11-7-8-12-22/h4,6,10,14-15H,2-3,5,7-9,11-13H2,1H3. The number of imidazole rings is 1. The Bertz CT molecular complexity index is 822. The van der Waals surface area contributed by atoms with Crippen LogP contribution < -0.4 is 0 Å². The molecule has 6 nitrogen and oxygen atoms in total. The first-order valence-corrected chi connectivity index (χ1v) is 9.78. The highest BCUT2D eigenvalue weighted by molar-refractivity contribution is 6.02. The van der Waals surface area contributed by atoms with Gasteiger partial charge in [-0.25, -0.2) is 4.98 Å². The lowest BCUT2D eigenvalue weighted by Gasteiger charge is -2.34. The average molecular weight is 354 g/mol. The topological polar surface area (TPSA) is 57.9 Å². The van der Waals surface area contributed by atoms with Gasteiger partial charge in [-0.2, -0.15) is 0 Å². The van der Waals surface area contributed by atoms with Gasteiger partial charge in [0.25, 0.3) is 11.8 Å². The Labute approximate surface area is 153 Å². The first-order chi connectivity index (χ1) is 12.7. The number of nitrogens with zero attached hydrogens (tertiary/aromatic N) is 4. The smallest absolute Gasteiger partial charge is 0.290 e. The number of piperidine rings is 1. The van der Waals surface area contributed by atoms with Crippen LogP contribution in [0.25, 0.3) is 5.52 Å². The van der Waals surface area contributed by atoms with Crippen molar-refractivity contribution in [3.8, 4) is 0 Å². The van der Waals surface area contributed by atoms with E-state index in [1.54, 1.807) is 4.40 Å². The summed E-state index contributed by atoms with van der Waals surface area (Å²) in [7, 11) is 0. The maximum Gasteiger partial charge on any atom is 0.290 e. The molecule has 6 heteroatoms. The van der Waals surface area contributed by atoms with Crippen molar-refractivity contribution in [3.05, 3.63) is 35.9 Å². The van der Waals surface area contributed by atoms with Gasteiger partial charge in [-0.05, 0) is 50.7 Å². The molecule has 0 radical (unpaired) electrons. The molecule has 2 fully saturated rings. The highest BCUT2D eigenvalue weighted by Gasteiger charge is 2.31. The fourth-order valence-corrected chi connectivity index (χ4v) is 4.24. The summed E-state index contributed by atoms with van der Waals surface area (Å²) in [5.41, 5.74) is 1.12. The molecule has 2 amide bonds. The molecule has 0 aliphatic carbocycles. The normalized spacial score (nSPS) is 20.7. The Kier molecular flexibility index (Phi) is 4.66. The van der Waals surface area contributed by atoms with Crippen molar-refractivity contribution in [1.82, 2.24) is 19.2 Å². The van der Waals surface area contributed by atoms with Crippen LogP contribution in [0.3, 0.4) is 0 Å². The molecule has 2 aliphatic heterocycles. The summed E-state index contributed by atoms with van der Waals surface area (Å²) >= 11 is 0. The predicted molar refractivity (Wildman–Crippen MR) is 99.3 cm³/mol. The number of rotatable bonds is 3. The molecule has 1 atom stereocenters. The molecule has 4 rings (SSSR count). The summed E-state index contributed by atoms with van der Waals surface area (Å²) in [6, 6.07) is 5.91. The van der Waals surface area contributed by atoms with Crippen molar-refractivity contribution in [1.29, 1.82) is 0 Å². The molecule has 0 saturated carbocycles. The SMILES string of the molecule is CCC1CCCCN1C(=O)c1nc(C(=O)N2CCCC2)c2ccccn12. The molecule has 0 spiro atoms. The first kappa shape index (κ1) is 17.1. The minimum atomic E-state index is -0.0593. The quantitative estimate of drug-likeness (QED) is 0.851. The second-order valence-electron chi connectivity index (χ2n) is 7.30. The van der Waals surface area contributed by atoms with E-state index in [4.69, 9.17) is 0 Å². The Morgan fingerprint density at radius 1 is 1.08 bits per heavy atom. The zero-order valence-electron chi connectivity index (χ0n) is 15.4. The monoisotopic (exact) mass is 354 g/mol. The van der Waals surface area contributed by atoms with Gasteiger partial charge in [0, 0.05) is 31.9 Å². The van der Waals surface area contributed by atoms with E-state index in [-0.39, 0.29) is 17.9 Å². The van der Waals surface area contributed by atoms with Crippen molar-refractivity contribution < 1.29 is 9.59 Å². The van der Waals surface area contributed by atoms with Gasteiger partial charge in [0.1, 0.15) is 0 Å². The summed E-state index contributed by atoms with van der Waals surface area (Å²) in [6.07, 6.45) is 8.11. The van der Waals surface area contributed by atoms with Gasteiger partial charge < -0.3 is 9.80 Å².